The van der Waals surface area contributed by atoms with Gasteiger partial charge in [0.25, 0.3) is 0 Å². The summed E-state index contributed by atoms with van der Waals surface area (Å²) in [6, 6.07) is 106. The number of rotatable bonds is 11. The molecule has 4 radical (unpaired) electrons. The normalized spacial score (nSPS) is 10.7. The van der Waals surface area contributed by atoms with E-state index in [1.165, 1.54) is 106 Å². The van der Waals surface area contributed by atoms with Gasteiger partial charge in [0.05, 0.1) is 23.9 Å². The summed E-state index contributed by atoms with van der Waals surface area (Å²) in [5.74, 6) is -0.125. The number of allylic oxidation sites excluding steroid dienone is 4. The largest absolute Gasteiger partial charge is 0.512 e. The predicted octanol–water partition coefficient (Wildman–Crippen LogP) is 26.0. The van der Waals surface area contributed by atoms with Crippen molar-refractivity contribution in [3.05, 3.63) is 433 Å². The third-order valence-corrected chi connectivity index (χ3v) is 17.4. The molecule has 0 saturated heterocycles. The number of aliphatic hydroxyl groups excluding tert-OH is 2. The van der Waals surface area contributed by atoms with Gasteiger partial charge in [0.2, 0.25) is 0 Å². The number of carbonyl (C=O) groups excluding carboxylic acids is 2. The molecule has 6 heterocycles. The number of aryl methyl sites for hydroxylation is 8. The molecule has 0 amide bonds. The van der Waals surface area contributed by atoms with Crippen LogP contribution < -0.4 is 0 Å². The number of fused-ring (bicyclic) bond motifs is 1. The first-order valence-electron chi connectivity index (χ1n) is 40.1. The molecule has 0 atom stereocenters. The molecule has 0 aliphatic carbocycles. The summed E-state index contributed by atoms with van der Waals surface area (Å²) in [5.41, 5.74) is 27.8. The van der Waals surface area contributed by atoms with E-state index in [1.54, 1.807) is 18.5 Å². The summed E-state index contributed by atoms with van der Waals surface area (Å²) in [6.07, 6.45) is 11.3. The average molecular weight is 2290 g/mol. The topological polar surface area (TPSA) is 152 Å². The zero-order valence-corrected chi connectivity index (χ0v) is 78.3. The van der Waals surface area contributed by atoms with Gasteiger partial charge >= 0.3 is 0 Å². The molecule has 0 aliphatic heterocycles. The SMILES string of the molecule is CC(=O)C=C(C)O.CC(=O)C=C(C)O.Cc1cc(-c2[c-]cccc2)ncc1-c1ccccc1.Cc1cc(C)cc(-c2ccnc(-c3[c-]cccc3)c2)c1.Cc1ccc[c-]c1-c1ccccn1.Cc1cccc2nc(-c3[c-]cccc3)cc(C)c12.Cc1cccnc1-c1[c-]cccc1.[2H]c1c([2H])c([2H])c(-c2cnc(-c3[c-]cccc3)cc2C)c([2H])c1[2H].[Ir].[Ir].[Ir].[Ir]. The Morgan fingerprint density at radius 2 is 0.775 bits per heavy atom. The smallest absolute Gasteiger partial charge is 0.155 e. The van der Waals surface area contributed by atoms with E-state index in [9.17, 15) is 9.59 Å². The van der Waals surface area contributed by atoms with Gasteiger partial charge in [-0.2, -0.15) is 0 Å². The minimum atomic E-state index is -0.394. The number of nitrogens with zero attached hydrogens (tertiary/aromatic N) is 6. The third kappa shape index (κ3) is 31.9. The number of hydrogen-bond donors (Lipinski definition) is 2. The van der Waals surface area contributed by atoms with Crippen LogP contribution in [0.2, 0.25) is 0 Å². The zero-order valence-electron chi connectivity index (χ0n) is 73.7. The average Bonchev–Trinajstić information content (AvgIpc) is 0.773. The van der Waals surface area contributed by atoms with Crippen molar-refractivity contribution in [2.24, 2.45) is 0 Å². The van der Waals surface area contributed by atoms with Crippen LogP contribution in [0.15, 0.2) is 352 Å². The van der Waals surface area contributed by atoms with Crippen LogP contribution in [0, 0.1) is 91.8 Å². The van der Waals surface area contributed by atoms with Crippen molar-refractivity contribution in [3.63, 3.8) is 0 Å². The Labute approximate surface area is 769 Å². The van der Waals surface area contributed by atoms with Crippen molar-refractivity contribution < 1.29 is 107 Å². The van der Waals surface area contributed by atoms with Crippen LogP contribution in [0.5, 0.6) is 0 Å². The first-order valence-corrected chi connectivity index (χ1v) is 37.6. The first kappa shape index (κ1) is 90.7. The summed E-state index contributed by atoms with van der Waals surface area (Å²) < 4.78 is 39.4. The van der Waals surface area contributed by atoms with Gasteiger partial charge in [-0.3, -0.25) is 14.6 Å². The van der Waals surface area contributed by atoms with E-state index < -0.39 is 6.04 Å². The summed E-state index contributed by atoms with van der Waals surface area (Å²) in [7, 11) is 0. The summed E-state index contributed by atoms with van der Waals surface area (Å²) in [5, 5.41) is 18.0. The molecule has 10 aromatic carbocycles. The van der Waals surface area contributed by atoms with E-state index in [0.29, 0.717) is 5.56 Å². The van der Waals surface area contributed by atoms with Gasteiger partial charge in [-0.1, -0.05) is 157 Å². The summed E-state index contributed by atoms with van der Waals surface area (Å²) in [6.45, 7) is 22.3. The molecule has 2 N–H and O–H groups in total. The predicted molar refractivity (Wildman–Crippen MR) is 477 cm³/mol. The number of benzene rings is 10. The standard InChI is InChI=1S/C19H16N.2C18H14N.C17H14N.2C12H10N.2C5H8O2.4Ir/c1-14-10-15(2)12-18(11-14)17-8-9-20-19(13-17)16-6-4-3-5-7-16;2*1-14-12-18(16-10-6-3-7-11-16)19-13-17(14)15-8-4-2-5-9-15;1-12-7-6-10-15-17(12)13(2)11-16(18-15)14-8-4-3-5-9-14;1-10-6-2-3-7-11(10)12-8-4-5-9-13-12;1-10-6-5-9-13-12(10)11-7-3-2-4-8-11;2*1-4(6)3-5(2)7;;;;/h3-6,8-13H,1-2H3;2*2-10,12-13H,1H3;3-8,10-11H,1-2H3;2-6,8-9H,1H3;2-7,9H,1H3;2*3,6H,1-2H3;;;;/q6*-1;;;;;;/i;2D,4D,5D,8D,9D;;;;;;;;;;. The van der Waals surface area contributed by atoms with Gasteiger partial charge < -0.3 is 35.1 Å². The van der Waals surface area contributed by atoms with Crippen LogP contribution >= 0.6 is 0 Å². The van der Waals surface area contributed by atoms with E-state index in [2.05, 4.69) is 195 Å². The quantitative estimate of drug-likeness (QED) is 0.0727. The molecule has 120 heavy (non-hydrogen) atoms. The first-order chi connectivity index (χ1) is 58.2. The maximum atomic E-state index is 10.0. The van der Waals surface area contributed by atoms with E-state index in [0.717, 1.165) is 78.6 Å². The molecular formula is C106H94Ir4N6O4-6. The molecular weight excluding hydrogens is 2190 g/mol. The van der Waals surface area contributed by atoms with Gasteiger partial charge in [0, 0.05) is 140 Å². The second-order valence-corrected chi connectivity index (χ2v) is 27.0. The van der Waals surface area contributed by atoms with Crippen molar-refractivity contribution in [2.75, 3.05) is 0 Å². The minimum Gasteiger partial charge on any atom is -0.512 e. The van der Waals surface area contributed by atoms with E-state index >= 15 is 0 Å². The molecule has 16 rings (SSSR count). The van der Waals surface area contributed by atoms with Crippen LogP contribution in [0.1, 0.15) is 79.1 Å². The number of pyridine rings is 6. The maximum absolute atomic E-state index is 10.0. The zero-order chi connectivity index (χ0) is 86.9. The van der Waals surface area contributed by atoms with Crippen molar-refractivity contribution in [1.82, 2.24) is 29.9 Å². The van der Waals surface area contributed by atoms with Crippen LogP contribution in [-0.2, 0) is 90.0 Å². The van der Waals surface area contributed by atoms with Gasteiger partial charge in [-0.15, -0.1) is 215 Å². The monoisotopic (exact) mass is 2290 g/mol. The fourth-order valence-corrected chi connectivity index (χ4v) is 12.1. The fraction of sp³-hybridized carbons (Fsp3) is 0.113. The molecule has 0 saturated carbocycles. The third-order valence-electron chi connectivity index (χ3n) is 17.4. The van der Waals surface area contributed by atoms with Crippen LogP contribution in [-0.4, -0.2) is 51.7 Å². The Bertz CT molecular complexity index is 6020. The maximum Gasteiger partial charge on any atom is 0.155 e. The second kappa shape index (κ2) is 52.3. The number of ketones is 2. The molecule has 0 unspecified atom stereocenters. The van der Waals surface area contributed by atoms with E-state index in [-0.39, 0.29) is 133 Å². The number of hydrogen-bond acceptors (Lipinski definition) is 10. The molecule has 0 spiro atoms. The molecule has 0 fully saturated rings. The molecule has 16 aromatic rings. The van der Waals surface area contributed by atoms with Crippen LogP contribution in [0.25, 0.3) is 112 Å². The summed E-state index contributed by atoms with van der Waals surface area (Å²) in [4.78, 5) is 46.8. The Hall–Kier alpha value is -11.6. The molecule has 10 nitrogen and oxygen atoms in total. The van der Waals surface area contributed by atoms with Gasteiger partial charge in [-0.25, -0.2) is 0 Å². The Morgan fingerprint density at radius 1 is 0.333 bits per heavy atom. The van der Waals surface area contributed by atoms with Crippen molar-refractivity contribution in [1.29, 1.82) is 0 Å². The Kier molecular flexibility index (Phi) is 39.6. The number of carbonyl (C=O) groups is 2. The Morgan fingerprint density at radius 3 is 1.23 bits per heavy atom. The molecule has 14 heteroatoms. The van der Waals surface area contributed by atoms with E-state index in [4.69, 9.17) is 22.1 Å². The van der Waals surface area contributed by atoms with Crippen LogP contribution in [0.3, 0.4) is 0 Å². The number of aliphatic hydroxyl groups is 2. The van der Waals surface area contributed by atoms with Crippen molar-refractivity contribution in [3.8, 4) is 101 Å². The molecule has 6 aromatic heterocycles. The number of aromatic nitrogens is 6. The van der Waals surface area contributed by atoms with Gasteiger partial charge in [0.15, 0.2) is 11.6 Å². The van der Waals surface area contributed by atoms with Gasteiger partial charge in [0.1, 0.15) is 0 Å². The van der Waals surface area contributed by atoms with Crippen LogP contribution in [0.4, 0.5) is 0 Å². The molecule has 0 bridgehead atoms. The second-order valence-electron chi connectivity index (χ2n) is 27.0. The minimum absolute atomic E-state index is 0. The summed E-state index contributed by atoms with van der Waals surface area (Å²) >= 11 is 0. The molecule has 0 aliphatic rings. The fourth-order valence-electron chi connectivity index (χ4n) is 12.1. The van der Waals surface area contributed by atoms with Crippen molar-refractivity contribution >= 4 is 22.5 Å². The van der Waals surface area contributed by atoms with E-state index in [1.807, 2.05) is 201 Å². The Balaban J connectivity index is 0.000000259. The van der Waals surface area contributed by atoms with Gasteiger partial charge in [-0.05, 0) is 179 Å². The van der Waals surface area contributed by atoms with Crippen molar-refractivity contribution in [2.45, 2.75) is 83.1 Å². The molecule has 614 valence electrons.